The number of rotatable bonds is 0. The van der Waals surface area contributed by atoms with E-state index in [2.05, 4.69) is 42.5 Å². The Bertz CT molecular complexity index is 967. The van der Waals surface area contributed by atoms with Crippen LogP contribution < -0.4 is 0 Å². The van der Waals surface area contributed by atoms with Gasteiger partial charge in [-0.05, 0) is 35.1 Å². The molecule has 3 aromatic carbocycles. The molecule has 0 aliphatic carbocycles. The maximum absolute atomic E-state index is 5.74. The van der Waals surface area contributed by atoms with Crippen LogP contribution in [0.3, 0.4) is 0 Å². The largest absolute Gasteiger partial charge is 0.445 e. The van der Waals surface area contributed by atoms with Crippen LogP contribution in [0.5, 0.6) is 0 Å². The molecule has 0 unspecified atom stereocenters. The van der Waals surface area contributed by atoms with Crippen LogP contribution >= 0.6 is 12.2 Å². The maximum atomic E-state index is 5.74. The number of para-hydroxylation sites is 1. The fourth-order valence-electron chi connectivity index (χ4n) is 2.65. The summed E-state index contributed by atoms with van der Waals surface area (Å²) in [5, 5.41) is 5.75. The highest BCUT2D eigenvalue weighted by molar-refractivity contribution is 7.71. The number of hydrogen-bond acceptors (Lipinski definition) is 2. The normalized spacial score (nSPS) is 11.4. The molecule has 1 nitrogen and oxygen atoms in total. The molecule has 0 N–H and O–H groups in total. The predicted molar refractivity (Wildman–Crippen MR) is 82.1 cm³/mol. The average Bonchev–Trinajstić information content (AvgIpc) is 2.47. The molecule has 0 aliphatic heterocycles. The number of hydrogen-bond donors (Lipinski definition) is 0. The van der Waals surface area contributed by atoms with Crippen LogP contribution in [0.4, 0.5) is 0 Å². The Morgan fingerprint density at radius 1 is 0.684 bits per heavy atom. The van der Waals surface area contributed by atoms with Crippen LogP contribution in [0.1, 0.15) is 0 Å². The highest BCUT2D eigenvalue weighted by atomic mass is 32.1. The van der Waals surface area contributed by atoms with E-state index >= 15 is 0 Å². The first-order valence-corrected chi connectivity index (χ1v) is 6.59. The van der Waals surface area contributed by atoms with Gasteiger partial charge in [0.15, 0.2) is 4.71 Å². The zero-order valence-corrected chi connectivity index (χ0v) is 10.9. The summed E-state index contributed by atoms with van der Waals surface area (Å²) in [5.74, 6) is 0. The second-order valence-corrected chi connectivity index (χ2v) is 4.97. The van der Waals surface area contributed by atoms with E-state index < -0.39 is 0 Å². The van der Waals surface area contributed by atoms with Crippen molar-refractivity contribution in [3.8, 4) is 0 Å². The maximum Gasteiger partial charge on any atom is 0.198 e. The number of benzene rings is 3. The third kappa shape index (κ3) is 1.50. The molecule has 19 heavy (non-hydrogen) atoms. The average molecular weight is 262 g/mol. The van der Waals surface area contributed by atoms with Gasteiger partial charge in [0.2, 0.25) is 0 Å². The van der Waals surface area contributed by atoms with Gasteiger partial charge in [-0.3, -0.25) is 0 Å². The molecule has 0 amide bonds. The highest BCUT2D eigenvalue weighted by Gasteiger charge is 2.07. The van der Waals surface area contributed by atoms with E-state index in [-0.39, 0.29) is 0 Å². The van der Waals surface area contributed by atoms with E-state index in [9.17, 15) is 0 Å². The molecule has 4 aromatic rings. The molecule has 0 saturated carbocycles. The molecular formula is C17H10OS. The van der Waals surface area contributed by atoms with Crippen molar-refractivity contribution in [1.29, 1.82) is 0 Å². The molecule has 0 saturated heterocycles. The second-order valence-electron chi connectivity index (χ2n) is 4.59. The lowest BCUT2D eigenvalue weighted by Gasteiger charge is -2.07. The molecule has 90 valence electrons. The molecule has 0 atom stereocenters. The highest BCUT2D eigenvalue weighted by Crippen LogP contribution is 2.32. The van der Waals surface area contributed by atoms with Crippen molar-refractivity contribution in [2.24, 2.45) is 0 Å². The van der Waals surface area contributed by atoms with Crippen molar-refractivity contribution >= 4 is 44.7 Å². The van der Waals surface area contributed by atoms with E-state index in [1.165, 1.54) is 16.2 Å². The van der Waals surface area contributed by atoms with Crippen LogP contribution in [0.25, 0.3) is 32.5 Å². The Labute approximate surface area is 115 Å². The lowest BCUT2D eigenvalue weighted by Crippen LogP contribution is -1.82. The van der Waals surface area contributed by atoms with Crippen LogP contribution in [0, 0.1) is 4.71 Å². The third-order valence-electron chi connectivity index (χ3n) is 3.51. The summed E-state index contributed by atoms with van der Waals surface area (Å²) in [5.41, 5.74) is 0.844. The molecule has 0 spiro atoms. The molecule has 0 aliphatic rings. The first-order valence-electron chi connectivity index (χ1n) is 6.18. The zero-order valence-electron chi connectivity index (χ0n) is 10.1. The summed E-state index contributed by atoms with van der Waals surface area (Å²) in [7, 11) is 0. The van der Waals surface area contributed by atoms with Gasteiger partial charge in [-0.25, -0.2) is 0 Å². The van der Waals surface area contributed by atoms with Crippen LogP contribution in [0.2, 0.25) is 0 Å². The smallest absolute Gasteiger partial charge is 0.198 e. The van der Waals surface area contributed by atoms with Gasteiger partial charge < -0.3 is 4.42 Å². The summed E-state index contributed by atoms with van der Waals surface area (Å²) in [4.78, 5) is 0. The van der Waals surface area contributed by atoms with Gasteiger partial charge in [0.1, 0.15) is 5.58 Å². The quantitative estimate of drug-likeness (QED) is 0.308. The predicted octanol–water partition coefficient (Wildman–Crippen LogP) is 5.47. The molecule has 0 fully saturated rings. The minimum atomic E-state index is 0.555. The minimum absolute atomic E-state index is 0.555. The Morgan fingerprint density at radius 2 is 1.42 bits per heavy atom. The molecule has 2 heteroatoms. The van der Waals surface area contributed by atoms with E-state index in [4.69, 9.17) is 16.6 Å². The summed E-state index contributed by atoms with van der Waals surface area (Å²) in [6.07, 6.45) is 0. The lowest BCUT2D eigenvalue weighted by atomic mass is 10.0. The summed E-state index contributed by atoms with van der Waals surface area (Å²) in [6.45, 7) is 0. The molecule has 4 rings (SSSR count). The van der Waals surface area contributed by atoms with Gasteiger partial charge in [-0.2, -0.15) is 0 Å². The van der Waals surface area contributed by atoms with Crippen molar-refractivity contribution in [3.05, 3.63) is 65.4 Å². The fourth-order valence-corrected chi connectivity index (χ4v) is 2.91. The van der Waals surface area contributed by atoms with Crippen LogP contribution in [-0.4, -0.2) is 0 Å². The van der Waals surface area contributed by atoms with Gasteiger partial charge in [-0.1, -0.05) is 48.5 Å². The van der Waals surface area contributed by atoms with Crippen molar-refractivity contribution in [1.82, 2.24) is 0 Å². The molecular weight excluding hydrogens is 252 g/mol. The Hall–Kier alpha value is -2.19. The van der Waals surface area contributed by atoms with Gasteiger partial charge in [0.05, 0.1) is 0 Å². The standard InChI is InChI=1S/C17H10OS/c19-17-14-10-9-11-5-1-2-6-12(11)16(14)13-7-3-4-8-15(13)18-17/h1-10H. The Balaban J connectivity index is 2.44. The summed E-state index contributed by atoms with van der Waals surface area (Å²) in [6, 6.07) is 20.6. The monoisotopic (exact) mass is 262 g/mol. The SMILES string of the molecule is S=c1oc2ccccc2c2c1ccc1ccccc12. The Morgan fingerprint density at radius 3 is 2.32 bits per heavy atom. The first kappa shape index (κ1) is 10.7. The molecule has 1 heterocycles. The van der Waals surface area contributed by atoms with Crippen molar-refractivity contribution in [3.63, 3.8) is 0 Å². The third-order valence-corrected chi connectivity index (χ3v) is 3.81. The topological polar surface area (TPSA) is 13.1 Å². The summed E-state index contributed by atoms with van der Waals surface area (Å²) < 4.78 is 6.29. The fraction of sp³-hybridized carbons (Fsp3) is 0. The van der Waals surface area contributed by atoms with E-state index in [0.717, 1.165) is 16.4 Å². The van der Waals surface area contributed by atoms with E-state index in [1.807, 2.05) is 18.2 Å². The molecule has 0 radical (unpaired) electrons. The minimum Gasteiger partial charge on any atom is -0.445 e. The van der Waals surface area contributed by atoms with Gasteiger partial charge in [-0.15, -0.1) is 0 Å². The van der Waals surface area contributed by atoms with E-state index in [1.54, 1.807) is 0 Å². The van der Waals surface area contributed by atoms with Crippen molar-refractivity contribution in [2.75, 3.05) is 0 Å². The lowest BCUT2D eigenvalue weighted by molar-refractivity contribution is 0.594. The van der Waals surface area contributed by atoms with Gasteiger partial charge >= 0.3 is 0 Å². The van der Waals surface area contributed by atoms with Crippen molar-refractivity contribution in [2.45, 2.75) is 0 Å². The first-order chi connectivity index (χ1) is 9.34. The van der Waals surface area contributed by atoms with Gasteiger partial charge in [0.25, 0.3) is 0 Å². The van der Waals surface area contributed by atoms with Crippen molar-refractivity contribution < 1.29 is 4.42 Å². The Kier molecular flexibility index (Phi) is 2.20. The zero-order chi connectivity index (χ0) is 12.8. The molecule has 1 aromatic heterocycles. The van der Waals surface area contributed by atoms with Gasteiger partial charge in [0, 0.05) is 16.2 Å². The number of fused-ring (bicyclic) bond motifs is 5. The van der Waals surface area contributed by atoms with E-state index in [0.29, 0.717) is 4.71 Å². The second kappa shape index (κ2) is 3.90. The van der Waals surface area contributed by atoms with Crippen LogP contribution in [0.15, 0.2) is 65.1 Å². The summed E-state index contributed by atoms with van der Waals surface area (Å²) >= 11 is 5.38. The molecule has 0 bridgehead atoms. The van der Waals surface area contributed by atoms with Crippen LogP contribution in [-0.2, 0) is 0 Å².